The van der Waals surface area contributed by atoms with Gasteiger partial charge in [0.15, 0.2) is 5.01 Å². The normalized spacial score (nSPS) is 15.2. The van der Waals surface area contributed by atoms with Gasteiger partial charge in [0.1, 0.15) is 10.8 Å². The van der Waals surface area contributed by atoms with E-state index in [-0.39, 0.29) is 12.4 Å². The Kier molecular flexibility index (Phi) is 3.61. The number of piperazine rings is 1. The molecule has 2 heterocycles. The third-order valence-corrected chi connectivity index (χ3v) is 3.99. The number of nitrogens with one attached hydrogen (secondary N) is 1. The first-order valence-corrected chi connectivity index (χ1v) is 7.11. The van der Waals surface area contributed by atoms with Gasteiger partial charge in [-0.05, 0) is 12.1 Å². The highest BCUT2D eigenvalue weighted by Crippen LogP contribution is 2.26. The lowest BCUT2D eigenvalue weighted by atomic mass is 10.2. The first kappa shape index (κ1) is 13.6. The van der Waals surface area contributed by atoms with Crippen molar-refractivity contribution in [1.82, 2.24) is 20.4 Å². The van der Waals surface area contributed by atoms with Gasteiger partial charge in [-0.15, -0.1) is 10.2 Å². The maximum atomic E-state index is 13.7. The van der Waals surface area contributed by atoms with Gasteiger partial charge in [-0.1, -0.05) is 23.5 Å². The standard InChI is InChI=1S/C13H11FN4O2S/c14-9-4-2-1-3-8(9)12-17-16-10(21-12)7-18-6-5-15-11(19)13(18)20/h1-4H,5-7H2,(H,15,19). The molecule has 21 heavy (non-hydrogen) atoms. The molecular weight excluding hydrogens is 295 g/mol. The second kappa shape index (κ2) is 5.57. The first-order valence-electron chi connectivity index (χ1n) is 6.29. The minimum Gasteiger partial charge on any atom is -0.346 e. The molecule has 0 bridgehead atoms. The van der Waals surface area contributed by atoms with Crippen LogP contribution in [0.1, 0.15) is 5.01 Å². The van der Waals surface area contributed by atoms with Crippen molar-refractivity contribution in [2.24, 2.45) is 0 Å². The third-order valence-electron chi connectivity index (χ3n) is 3.05. The van der Waals surface area contributed by atoms with Gasteiger partial charge in [-0.3, -0.25) is 9.59 Å². The number of hydrogen-bond donors (Lipinski definition) is 1. The summed E-state index contributed by atoms with van der Waals surface area (Å²) in [5, 5.41) is 11.4. The second-order valence-corrected chi connectivity index (χ2v) is 5.53. The minimum absolute atomic E-state index is 0.207. The van der Waals surface area contributed by atoms with Crippen molar-refractivity contribution < 1.29 is 14.0 Å². The summed E-state index contributed by atoms with van der Waals surface area (Å²) in [5.74, 6) is -1.56. The summed E-state index contributed by atoms with van der Waals surface area (Å²) in [6.45, 7) is 1.06. The van der Waals surface area contributed by atoms with Crippen molar-refractivity contribution in [3.63, 3.8) is 0 Å². The van der Waals surface area contributed by atoms with Crippen molar-refractivity contribution in [2.75, 3.05) is 13.1 Å². The average molecular weight is 306 g/mol. The van der Waals surface area contributed by atoms with Crippen LogP contribution in [-0.2, 0) is 16.1 Å². The Morgan fingerprint density at radius 3 is 2.90 bits per heavy atom. The zero-order valence-corrected chi connectivity index (χ0v) is 11.7. The van der Waals surface area contributed by atoms with Crippen LogP contribution in [0.25, 0.3) is 10.6 Å². The minimum atomic E-state index is -0.611. The average Bonchev–Trinajstić information content (AvgIpc) is 2.93. The Morgan fingerprint density at radius 1 is 1.29 bits per heavy atom. The molecule has 0 spiro atoms. The fraction of sp³-hybridized carbons (Fsp3) is 0.231. The molecule has 1 N–H and O–H groups in total. The summed E-state index contributed by atoms with van der Waals surface area (Å²) in [4.78, 5) is 24.4. The molecular formula is C13H11FN4O2S. The monoisotopic (exact) mass is 306 g/mol. The van der Waals surface area contributed by atoms with Crippen LogP contribution >= 0.6 is 11.3 Å². The molecule has 0 saturated carbocycles. The van der Waals surface area contributed by atoms with Crippen LogP contribution < -0.4 is 5.32 Å². The summed E-state index contributed by atoms with van der Waals surface area (Å²) < 4.78 is 13.7. The molecule has 108 valence electrons. The number of nitrogens with zero attached hydrogens (tertiary/aromatic N) is 3. The number of hydrogen-bond acceptors (Lipinski definition) is 5. The molecule has 0 unspecified atom stereocenters. The highest BCUT2D eigenvalue weighted by molar-refractivity contribution is 7.14. The predicted molar refractivity (Wildman–Crippen MR) is 73.7 cm³/mol. The Labute approximate surface area is 123 Å². The summed E-state index contributed by atoms with van der Waals surface area (Å²) in [6, 6.07) is 6.30. The van der Waals surface area contributed by atoms with E-state index in [9.17, 15) is 14.0 Å². The van der Waals surface area contributed by atoms with Crippen molar-refractivity contribution >= 4 is 23.2 Å². The number of amides is 2. The van der Waals surface area contributed by atoms with Crippen LogP contribution in [0.2, 0.25) is 0 Å². The molecule has 1 aromatic carbocycles. The van der Waals surface area contributed by atoms with E-state index in [1.54, 1.807) is 18.2 Å². The number of carbonyl (C=O) groups excluding carboxylic acids is 2. The van der Waals surface area contributed by atoms with Gasteiger partial charge in [0, 0.05) is 18.7 Å². The van der Waals surface area contributed by atoms with Gasteiger partial charge >= 0.3 is 11.8 Å². The van der Waals surface area contributed by atoms with Crippen LogP contribution in [0, 0.1) is 5.82 Å². The van der Waals surface area contributed by atoms with Crippen LogP contribution in [0.5, 0.6) is 0 Å². The van der Waals surface area contributed by atoms with E-state index >= 15 is 0 Å². The molecule has 6 nitrogen and oxygen atoms in total. The fourth-order valence-electron chi connectivity index (χ4n) is 2.00. The lowest BCUT2D eigenvalue weighted by Crippen LogP contribution is -2.51. The van der Waals surface area contributed by atoms with Gasteiger partial charge in [0.05, 0.1) is 6.54 Å². The van der Waals surface area contributed by atoms with Crippen LogP contribution in [0.15, 0.2) is 24.3 Å². The van der Waals surface area contributed by atoms with E-state index < -0.39 is 11.8 Å². The summed E-state index contributed by atoms with van der Waals surface area (Å²) in [5.41, 5.74) is 0.379. The summed E-state index contributed by atoms with van der Waals surface area (Å²) in [6.07, 6.45) is 0. The molecule has 0 radical (unpaired) electrons. The fourth-order valence-corrected chi connectivity index (χ4v) is 2.88. The van der Waals surface area contributed by atoms with E-state index in [4.69, 9.17) is 0 Å². The first-order chi connectivity index (χ1) is 10.1. The number of aromatic nitrogens is 2. The zero-order chi connectivity index (χ0) is 14.8. The van der Waals surface area contributed by atoms with E-state index in [2.05, 4.69) is 15.5 Å². The molecule has 1 fully saturated rings. The molecule has 8 heteroatoms. The number of halogens is 1. The SMILES string of the molecule is O=C1NCCN(Cc2nnc(-c3ccccc3F)s2)C1=O. The van der Waals surface area contributed by atoms with E-state index in [0.29, 0.717) is 28.7 Å². The highest BCUT2D eigenvalue weighted by atomic mass is 32.1. The Bertz CT molecular complexity index is 703. The maximum absolute atomic E-state index is 13.7. The maximum Gasteiger partial charge on any atom is 0.312 e. The number of benzene rings is 1. The largest absolute Gasteiger partial charge is 0.346 e. The predicted octanol–water partition coefficient (Wildman–Crippen LogP) is 0.803. The second-order valence-electron chi connectivity index (χ2n) is 4.46. The quantitative estimate of drug-likeness (QED) is 0.851. The van der Waals surface area contributed by atoms with Crippen molar-refractivity contribution in [2.45, 2.75) is 6.54 Å². The smallest absolute Gasteiger partial charge is 0.312 e. The molecule has 0 atom stereocenters. The van der Waals surface area contributed by atoms with Gasteiger partial charge in [0.25, 0.3) is 0 Å². The number of rotatable bonds is 3. The molecule has 0 aliphatic carbocycles. The molecule has 1 aliphatic rings. The summed E-state index contributed by atoms with van der Waals surface area (Å²) in [7, 11) is 0. The molecule has 2 amide bonds. The van der Waals surface area contributed by atoms with E-state index in [1.807, 2.05) is 0 Å². The van der Waals surface area contributed by atoms with Gasteiger partial charge in [-0.25, -0.2) is 4.39 Å². The molecule has 1 aromatic heterocycles. The van der Waals surface area contributed by atoms with Crippen molar-refractivity contribution in [3.8, 4) is 10.6 Å². The highest BCUT2D eigenvalue weighted by Gasteiger charge is 2.27. The van der Waals surface area contributed by atoms with E-state index in [0.717, 1.165) is 0 Å². The topological polar surface area (TPSA) is 75.2 Å². The third kappa shape index (κ3) is 2.75. The zero-order valence-electron chi connectivity index (χ0n) is 10.9. The molecule has 1 saturated heterocycles. The van der Waals surface area contributed by atoms with Crippen molar-refractivity contribution in [3.05, 3.63) is 35.1 Å². The van der Waals surface area contributed by atoms with E-state index in [1.165, 1.54) is 22.3 Å². The molecule has 3 rings (SSSR count). The Morgan fingerprint density at radius 2 is 2.10 bits per heavy atom. The number of carbonyl (C=O) groups is 2. The van der Waals surface area contributed by atoms with Crippen LogP contribution in [0.4, 0.5) is 4.39 Å². The molecule has 2 aromatic rings. The molecule has 1 aliphatic heterocycles. The Balaban J connectivity index is 1.78. The van der Waals surface area contributed by atoms with Gasteiger partial charge < -0.3 is 10.2 Å². The lowest BCUT2D eigenvalue weighted by Gasteiger charge is -2.25. The van der Waals surface area contributed by atoms with Gasteiger partial charge in [-0.2, -0.15) is 0 Å². The van der Waals surface area contributed by atoms with Crippen LogP contribution in [0.3, 0.4) is 0 Å². The Hall–Kier alpha value is -2.35. The lowest BCUT2D eigenvalue weighted by molar-refractivity contribution is -0.148. The van der Waals surface area contributed by atoms with Crippen LogP contribution in [-0.4, -0.2) is 40.0 Å². The summed E-state index contributed by atoms with van der Waals surface area (Å²) >= 11 is 1.21. The van der Waals surface area contributed by atoms with Gasteiger partial charge in [0.2, 0.25) is 0 Å². The van der Waals surface area contributed by atoms with Crippen molar-refractivity contribution in [1.29, 1.82) is 0 Å².